The fourth-order valence-corrected chi connectivity index (χ4v) is 3.22. The van der Waals surface area contributed by atoms with Crippen molar-refractivity contribution in [2.75, 3.05) is 32.8 Å². The van der Waals surface area contributed by atoms with Crippen LogP contribution in [0, 0.1) is 5.82 Å². The highest BCUT2D eigenvalue weighted by atomic mass is 19.1. The predicted octanol–water partition coefficient (Wildman–Crippen LogP) is 3.11. The van der Waals surface area contributed by atoms with Crippen LogP contribution in [0.3, 0.4) is 0 Å². The Balaban J connectivity index is 1.51. The van der Waals surface area contributed by atoms with Gasteiger partial charge in [-0.3, -0.25) is 9.69 Å². The average Bonchev–Trinajstić information content (AvgIpc) is 2.66. The van der Waals surface area contributed by atoms with E-state index in [9.17, 15) is 9.18 Å². The first-order valence-corrected chi connectivity index (χ1v) is 9.11. The Bertz CT molecular complexity index is 725. The predicted molar refractivity (Wildman–Crippen MR) is 99.6 cm³/mol. The largest absolute Gasteiger partial charge is 0.494 e. The van der Waals surface area contributed by atoms with Gasteiger partial charge in [0.25, 0.3) is 0 Å². The second-order valence-corrected chi connectivity index (χ2v) is 6.50. The van der Waals surface area contributed by atoms with Crippen LogP contribution >= 0.6 is 0 Å². The van der Waals surface area contributed by atoms with Gasteiger partial charge in [0, 0.05) is 38.3 Å². The number of benzene rings is 2. The molecular formula is C21H25FN2O2. The van der Waals surface area contributed by atoms with Gasteiger partial charge in [0.05, 0.1) is 13.0 Å². The van der Waals surface area contributed by atoms with E-state index >= 15 is 0 Å². The first-order valence-electron chi connectivity index (χ1n) is 9.11. The second kappa shape index (κ2) is 8.81. The Kier molecular flexibility index (Phi) is 6.23. The number of amides is 1. The fourth-order valence-electron chi connectivity index (χ4n) is 3.22. The van der Waals surface area contributed by atoms with Crippen molar-refractivity contribution in [2.24, 2.45) is 0 Å². The molecule has 0 saturated carbocycles. The molecule has 0 radical (unpaired) electrons. The summed E-state index contributed by atoms with van der Waals surface area (Å²) in [7, 11) is 0. The summed E-state index contributed by atoms with van der Waals surface area (Å²) < 4.78 is 18.7. The summed E-state index contributed by atoms with van der Waals surface area (Å²) in [5.74, 6) is 0.762. The smallest absolute Gasteiger partial charge is 0.227 e. The molecule has 1 fully saturated rings. The lowest BCUT2D eigenvalue weighted by Crippen LogP contribution is -2.48. The zero-order valence-electron chi connectivity index (χ0n) is 15.2. The highest BCUT2D eigenvalue weighted by Crippen LogP contribution is 2.20. The zero-order chi connectivity index (χ0) is 18.4. The monoisotopic (exact) mass is 356 g/mol. The normalized spacial score (nSPS) is 15.1. The van der Waals surface area contributed by atoms with Crippen molar-refractivity contribution in [3.63, 3.8) is 0 Å². The third-order valence-corrected chi connectivity index (χ3v) is 4.66. The molecule has 0 aliphatic carbocycles. The van der Waals surface area contributed by atoms with E-state index in [0.29, 0.717) is 13.0 Å². The minimum Gasteiger partial charge on any atom is -0.494 e. The summed E-state index contributed by atoms with van der Waals surface area (Å²) in [4.78, 5) is 16.7. The molecule has 0 unspecified atom stereocenters. The molecule has 1 saturated heterocycles. The van der Waals surface area contributed by atoms with Crippen molar-refractivity contribution in [1.29, 1.82) is 0 Å². The van der Waals surface area contributed by atoms with Crippen LogP contribution in [0.2, 0.25) is 0 Å². The number of carbonyl (C=O) groups is 1. The van der Waals surface area contributed by atoms with Crippen LogP contribution in [0.4, 0.5) is 4.39 Å². The molecule has 0 aromatic heterocycles. The van der Waals surface area contributed by atoms with Crippen molar-refractivity contribution in [2.45, 2.75) is 19.9 Å². The number of halogens is 1. The van der Waals surface area contributed by atoms with Crippen molar-refractivity contribution in [1.82, 2.24) is 9.80 Å². The SMILES string of the molecule is CCOc1ccccc1CN1CCN(C(=O)Cc2ccc(F)cc2)CC1. The lowest BCUT2D eigenvalue weighted by Gasteiger charge is -2.35. The van der Waals surface area contributed by atoms with E-state index in [2.05, 4.69) is 11.0 Å². The van der Waals surface area contributed by atoms with E-state index in [1.165, 1.54) is 17.7 Å². The summed E-state index contributed by atoms with van der Waals surface area (Å²) in [5, 5.41) is 0. The van der Waals surface area contributed by atoms with Gasteiger partial charge in [-0.2, -0.15) is 0 Å². The molecule has 2 aromatic rings. The quantitative estimate of drug-likeness (QED) is 0.797. The van der Waals surface area contributed by atoms with Crippen LogP contribution in [0.5, 0.6) is 5.75 Å². The van der Waals surface area contributed by atoms with Crippen molar-refractivity contribution >= 4 is 5.91 Å². The van der Waals surface area contributed by atoms with E-state index in [4.69, 9.17) is 4.74 Å². The van der Waals surface area contributed by atoms with Gasteiger partial charge in [-0.05, 0) is 30.7 Å². The third kappa shape index (κ3) is 4.82. The van der Waals surface area contributed by atoms with Gasteiger partial charge in [-0.1, -0.05) is 30.3 Å². The maximum atomic E-state index is 13.0. The minimum atomic E-state index is -0.276. The van der Waals surface area contributed by atoms with E-state index < -0.39 is 0 Å². The van der Waals surface area contributed by atoms with Crippen molar-refractivity contribution in [3.05, 3.63) is 65.5 Å². The first kappa shape index (κ1) is 18.4. The van der Waals surface area contributed by atoms with Crippen LogP contribution < -0.4 is 4.74 Å². The summed E-state index contributed by atoms with van der Waals surface area (Å²) in [6.07, 6.45) is 0.327. The molecule has 0 N–H and O–H groups in total. The van der Waals surface area contributed by atoms with Crippen LogP contribution in [0.1, 0.15) is 18.1 Å². The first-order chi connectivity index (χ1) is 12.7. The van der Waals surface area contributed by atoms with E-state index in [-0.39, 0.29) is 11.7 Å². The number of nitrogens with zero attached hydrogens (tertiary/aromatic N) is 2. The highest BCUT2D eigenvalue weighted by Gasteiger charge is 2.21. The lowest BCUT2D eigenvalue weighted by molar-refractivity contribution is -0.132. The molecule has 0 bridgehead atoms. The van der Waals surface area contributed by atoms with Crippen LogP contribution in [0.15, 0.2) is 48.5 Å². The standard InChI is InChI=1S/C21H25FN2O2/c1-2-26-20-6-4-3-5-18(20)16-23-11-13-24(14-12-23)21(25)15-17-7-9-19(22)10-8-17/h3-10H,2,11-16H2,1H3. The molecule has 0 spiro atoms. The van der Waals surface area contributed by atoms with Gasteiger partial charge < -0.3 is 9.64 Å². The average molecular weight is 356 g/mol. The number of hydrogen-bond acceptors (Lipinski definition) is 3. The Morgan fingerprint density at radius 2 is 1.73 bits per heavy atom. The van der Waals surface area contributed by atoms with Gasteiger partial charge in [0.2, 0.25) is 5.91 Å². The number of carbonyl (C=O) groups excluding carboxylic acids is 1. The van der Waals surface area contributed by atoms with Gasteiger partial charge in [-0.15, -0.1) is 0 Å². The molecule has 4 nitrogen and oxygen atoms in total. The summed E-state index contributed by atoms with van der Waals surface area (Å²) in [6.45, 7) is 6.60. The summed E-state index contributed by atoms with van der Waals surface area (Å²) >= 11 is 0. The maximum Gasteiger partial charge on any atom is 0.227 e. The molecule has 2 aromatic carbocycles. The van der Waals surface area contributed by atoms with Crippen molar-refractivity contribution in [3.8, 4) is 5.75 Å². The molecule has 1 heterocycles. The number of ether oxygens (including phenoxy) is 1. The molecular weight excluding hydrogens is 331 g/mol. The topological polar surface area (TPSA) is 32.8 Å². The maximum absolute atomic E-state index is 13.0. The zero-order valence-corrected chi connectivity index (χ0v) is 15.2. The molecule has 1 aliphatic heterocycles. The lowest BCUT2D eigenvalue weighted by atomic mass is 10.1. The molecule has 26 heavy (non-hydrogen) atoms. The van der Waals surface area contributed by atoms with Crippen LogP contribution in [-0.2, 0) is 17.8 Å². The number of hydrogen-bond donors (Lipinski definition) is 0. The Morgan fingerprint density at radius 3 is 2.42 bits per heavy atom. The molecule has 1 aliphatic rings. The Labute approximate surface area is 154 Å². The van der Waals surface area contributed by atoms with E-state index in [0.717, 1.165) is 44.0 Å². The molecule has 5 heteroatoms. The molecule has 3 rings (SSSR count). The minimum absolute atomic E-state index is 0.103. The number of piperazine rings is 1. The second-order valence-electron chi connectivity index (χ2n) is 6.50. The molecule has 1 amide bonds. The van der Waals surface area contributed by atoms with Gasteiger partial charge in [0.1, 0.15) is 11.6 Å². The fraction of sp³-hybridized carbons (Fsp3) is 0.381. The highest BCUT2D eigenvalue weighted by molar-refractivity contribution is 5.78. The van der Waals surface area contributed by atoms with Gasteiger partial charge >= 0.3 is 0 Å². The Hall–Kier alpha value is -2.40. The summed E-state index contributed by atoms with van der Waals surface area (Å²) in [6, 6.07) is 14.3. The van der Waals surface area contributed by atoms with Gasteiger partial charge in [0.15, 0.2) is 0 Å². The Morgan fingerprint density at radius 1 is 1.04 bits per heavy atom. The molecule has 138 valence electrons. The summed E-state index contributed by atoms with van der Waals surface area (Å²) in [5.41, 5.74) is 2.03. The van der Waals surface area contributed by atoms with Crippen LogP contribution in [-0.4, -0.2) is 48.5 Å². The van der Waals surface area contributed by atoms with E-state index in [1.54, 1.807) is 12.1 Å². The molecule has 0 atom stereocenters. The number of para-hydroxylation sites is 1. The number of rotatable bonds is 6. The third-order valence-electron chi connectivity index (χ3n) is 4.66. The van der Waals surface area contributed by atoms with Gasteiger partial charge in [-0.25, -0.2) is 4.39 Å². The van der Waals surface area contributed by atoms with Crippen molar-refractivity contribution < 1.29 is 13.9 Å². The van der Waals surface area contributed by atoms with Crippen LogP contribution in [0.25, 0.3) is 0 Å². The van der Waals surface area contributed by atoms with E-state index in [1.807, 2.05) is 30.0 Å².